The van der Waals surface area contributed by atoms with Crippen molar-refractivity contribution in [3.63, 3.8) is 0 Å². The minimum Gasteiger partial charge on any atom is -0.357 e. The highest BCUT2D eigenvalue weighted by Gasteiger charge is 2.22. The molecule has 2 rings (SSSR count). The summed E-state index contributed by atoms with van der Waals surface area (Å²) in [7, 11) is 2.15. The molecule has 0 saturated heterocycles. The van der Waals surface area contributed by atoms with Crippen molar-refractivity contribution in [2.24, 2.45) is 0 Å². The Morgan fingerprint density at radius 2 is 2.00 bits per heavy atom. The van der Waals surface area contributed by atoms with Crippen molar-refractivity contribution >= 4 is 5.82 Å². The lowest BCUT2D eigenvalue weighted by Crippen LogP contribution is -2.30. The molecule has 0 aliphatic heterocycles. The van der Waals surface area contributed by atoms with E-state index in [1.807, 2.05) is 0 Å². The lowest BCUT2D eigenvalue weighted by Gasteiger charge is -2.28. The van der Waals surface area contributed by atoms with E-state index in [2.05, 4.69) is 64.0 Å². The molecule has 0 bridgehead atoms. The molecule has 0 spiro atoms. The minimum absolute atomic E-state index is 0.0840. The maximum atomic E-state index is 4.91. The van der Waals surface area contributed by atoms with Gasteiger partial charge in [0.25, 0.3) is 0 Å². The van der Waals surface area contributed by atoms with E-state index in [-0.39, 0.29) is 5.41 Å². The first kappa shape index (κ1) is 16.3. The van der Waals surface area contributed by atoms with Gasteiger partial charge >= 0.3 is 0 Å². The largest absolute Gasteiger partial charge is 0.357 e. The zero-order chi connectivity index (χ0) is 15.6. The highest BCUT2D eigenvalue weighted by molar-refractivity contribution is 5.44. The van der Waals surface area contributed by atoms with E-state index in [0.29, 0.717) is 6.04 Å². The average Bonchev–Trinajstić information content (AvgIpc) is 3.26. The van der Waals surface area contributed by atoms with Gasteiger partial charge in [-0.25, -0.2) is 4.98 Å². The Morgan fingerprint density at radius 1 is 1.33 bits per heavy atom. The molecule has 1 aromatic heterocycles. The number of anilines is 1. The standard InChI is InChI=1S/C18H31N3/c1-7-13(2)21(6)17-11-14(12-19-15-8-9-15)10-16(20-17)18(3,4)5/h10-11,13,15,19H,7-9,12H2,1-6H3. The van der Waals surface area contributed by atoms with Gasteiger partial charge in [0.2, 0.25) is 0 Å². The van der Waals surface area contributed by atoms with Crippen LogP contribution in [0.5, 0.6) is 0 Å². The summed E-state index contributed by atoms with van der Waals surface area (Å²) in [4.78, 5) is 7.22. The van der Waals surface area contributed by atoms with Crippen LogP contribution in [-0.4, -0.2) is 24.1 Å². The third kappa shape index (κ3) is 4.44. The van der Waals surface area contributed by atoms with Crippen LogP contribution >= 0.6 is 0 Å². The predicted molar refractivity (Wildman–Crippen MR) is 91.0 cm³/mol. The van der Waals surface area contributed by atoms with E-state index in [1.165, 1.54) is 24.1 Å². The molecule has 1 aliphatic carbocycles. The number of aromatic nitrogens is 1. The molecule has 0 radical (unpaired) electrons. The summed E-state index contributed by atoms with van der Waals surface area (Å²) >= 11 is 0. The van der Waals surface area contributed by atoms with Crippen LogP contribution in [-0.2, 0) is 12.0 Å². The summed E-state index contributed by atoms with van der Waals surface area (Å²) in [6.45, 7) is 12.1. The van der Waals surface area contributed by atoms with Gasteiger partial charge < -0.3 is 10.2 Å². The highest BCUT2D eigenvalue weighted by Crippen LogP contribution is 2.26. The lowest BCUT2D eigenvalue weighted by molar-refractivity contribution is 0.562. The Hall–Kier alpha value is -1.09. The summed E-state index contributed by atoms with van der Waals surface area (Å²) < 4.78 is 0. The Morgan fingerprint density at radius 3 is 2.52 bits per heavy atom. The van der Waals surface area contributed by atoms with Crippen molar-refractivity contribution in [3.8, 4) is 0 Å². The Labute approximate surface area is 130 Å². The second kappa shape index (κ2) is 6.35. The molecule has 1 aromatic rings. The molecule has 118 valence electrons. The summed E-state index contributed by atoms with van der Waals surface area (Å²) in [6, 6.07) is 5.77. The monoisotopic (exact) mass is 289 g/mol. The van der Waals surface area contributed by atoms with E-state index in [1.54, 1.807) is 0 Å². The zero-order valence-corrected chi connectivity index (χ0v) is 14.5. The van der Waals surface area contributed by atoms with Crippen LogP contribution in [0.15, 0.2) is 12.1 Å². The van der Waals surface area contributed by atoms with Crippen molar-refractivity contribution in [1.29, 1.82) is 0 Å². The topological polar surface area (TPSA) is 28.2 Å². The summed E-state index contributed by atoms with van der Waals surface area (Å²) in [6.07, 6.45) is 3.79. The summed E-state index contributed by atoms with van der Waals surface area (Å²) in [5.74, 6) is 1.10. The van der Waals surface area contributed by atoms with Crippen LogP contribution in [0.4, 0.5) is 5.82 Å². The Bertz CT molecular complexity index is 472. The van der Waals surface area contributed by atoms with Crippen LogP contribution < -0.4 is 10.2 Å². The van der Waals surface area contributed by atoms with Crippen LogP contribution in [0.25, 0.3) is 0 Å². The molecule has 0 aromatic carbocycles. The fourth-order valence-corrected chi connectivity index (χ4v) is 2.29. The maximum Gasteiger partial charge on any atom is 0.129 e. The Kier molecular flexibility index (Phi) is 4.92. The minimum atomic E-state index is 0.0840. The van der Waals surface area contributed by atoms with E-state index in [9.17, 15) is 0 Å². The molecule has 1 heterocycles. The van der Waals surface area contributed by atoms with Gasteiger partial charge in [-0.15, -0.1) is 0 Å². The van der Waals surface area contributed by atoms with Gasteiger partial charge in [0.15, 0.2) is 0 Å². The summed E-state index contributed by atoms with van der Waals surface area (Å²) in [5, 5.41) is 3.61. The smallest absolute Gasteiger partial charge is 0.129 e. The first-order valence-corrected chi connectivity index (χ1v) is 8.29. The van der Waals surface area contributed by atoms with E-state index < -0.39 is 0 Å². The molecule has 1 saturated carbocycles. The van der Waals surface area contributed by atoms with Crippen LogP contribution in [0.3, 0.4) is 0 Å². The van der Waals surface area contributed by atoms with Crippen molar-refractivity contribution in [1.82, 2.24) is 10.3 Å². The molecule has 1 aliphatic rings. The van der Waals surface area contributed by atoms with E-state index >= 15 is 0 Å². The van der Waals surface area contributed by atoms with Gasteiger partial charge in [0.1, 0.15) is 5.82 Å². The molecule has 3 nitrogen and oxygen atoms in total. The van der Waals surface area contributed by atoms with E-state index in [0.717, 1.165) is 24.8 Å². The number of hydrogen-bond acceptors (Lipinski definition) is 3. The van der Waals surface area contributed by atoms with Gasteiger partial charge in [-0.05, 0) is 43.9 Å². The normalized spacial score (nSPS) is 16.9. The van der Waals surface area contributed by atoms with E-state index in [4.69, 9.17) is 4.98 Å². The first-order chi connectivity index (χ1) is 9.81. The molecule has 21 heavy (non-hydrogen) atoms. The molecule has 1 unspecified atom stereocenters. The highest BCUT2D eigenvalue weighted by atomic mass is 15.2. The van der Waals surface area contributed by atoms with Crippen molar-refractivity contribution in [2.45, 2.75) is 77.9 Å². The Balaban J connectivity index is 2.26. The molecule has 1 atom stereocenters. The van der Waals surface area contributed by atoms with Crippen LogP contribution in [0, 0.1) is 0 Å². The SMILES string of the molecule is CCC(C)N(C)c1cc(CNC2CC2)cc(C(C)(C)C)n1. The van der Waals surface area contributed by atoms with Crippen molar-refractivity contribution in [2.75, 3.05) is 11.9 Å². The molecule has 1 N–H and O–H groups in total. The summed E-state index contributed by atoms with van der Waals surface area (Å²) in [5.41, 5.74) is 2.62. The van der Waals surface area contributed by atoms with Gasteiger partial charge in [-0.1, -0.05) is 27.7 Å². The fraction of sp³-hybridized carbons (Fsp3) is 0.722. The number of rotatable bonds is 6. The number of pyridine rings is 1. The van der Waals surface area contributed by atoms with Crippen LogP contribution in [0.1, 0.15) is 65.1 Å². The fourth-order valence-electron chi connectivity index (χ4n) is 2.29. The lowest BCUT2D eigenvalue weighted by atomic mass is 9.90. The van der Waals surface area contributed by atoms with Crippen molar-refractivity contribution in [3.05, 3.63) is 23.4 Å². The molecule has 1 fully saturated rings. The van der Waals surface area contributed by atoms with Crippen molar-refractivity contribution < 1.29 is 0 Å². The number of nitrogens with zero attached hydrogens (tertiary/aromatic N) is 2. The molecule has 0 amide bonds. The third-order valence-electron chi connectivity index (χ3n) is 4.43. The van der Waals surface area contributed by atoms with Gasteiger partial charge in [-0.3, -0.25) is 0 Å². The van der Waals surface area contributed by atoms with Crippen LogP contribution in [0.2, 0.25) is 0 Å². The maximum absolute atomic E-state index is 4.91. The second-order valence-electron chi connectivity index (χ2n) is 7.49. The third-order valence-corrected chi connectivity index (χ3v) is 4.43. The molecule has 3 heteroatoms. The average molecular weight is 289 g/mol. The molecular weight excluding hydrogens is 258 g/mol. The predicted octanol–water partition coefficient (Wildman–Crippen LogP) is 3.87. The van der Waals surface area contributed by atoms with Gasteiger partial charge in [0, 0.05) is 36.8 Å². The number of hydrogen-bond donors (Lipinski definition) is 1. The molecular formula is C18H31N3. The first-order valence-electron chi connectivity index (χ1n) is 8.29. The van der Waals surface area contributed by atoms with Gasteiger partial charge in [0.05, 0.1) is 0 Å². The zero-order valence-electron chi connectivity index (χ0n) is 14.5. The number of nitrogens with one attached hydrogen (secondary N) is 1. The second-order valence-corrected chi connectivity index (χ2v) is 7.49. The van der Waals surface area contributed by atoms with Gasteiger partial charge in [-0.2, -0.15) is 0 Å². The quantitative estimate of drug-likeness (QED) is 0.862.